The summed E-state index contributed by atoms with van der Waals surface area (Å²) in [5.74, 6) is 0. The van der Waals surface area contributed by atoms with Gasteiger partial charge in [0, 0.05) is 6.04 Å². The standard InChI is InChI=1S/C13H21NO/c1-9-5-6-11(7-10(9)2)8-12(14)13(3,4)15/h5-7,12,15H,8,14H2,1-4H3. The van der Waals surface area contributed by atoms with Crippen molar-refractivity contribution in [2.45, 2.75) is 45.8 Å². The molecule has 0 bridgehead atoms. The first-order chi connectivity index (χ1) is 6.80. The van der Waals surface area contributed by atoms with Crippen LogP contribution in [0, 0.1) is 13.8 Å². The number of rotatable bonds is 3. The van der Waals surface area contributed by atoms with Crippen LogP contribution in [-0.4, -0.2) is 16.7 Å². The quantitative estimate of drug-likeness (QED) is 0.795. The highest BCUT2D eigenvalue weighted by Gasteiger charge is 2.22. The summed E-state index contributed by atoms with van der Waals surface area (Å²) in [5.41, 5.74) is 8.85. The van der Waals surface area contributed by atoms with E-state index in [1.807, 2.05) is 0 Å². The van der Waals surface area contributed by atoms with Gasteiger partial charge in [-0.15, -0.1) is 0 Å². The first-order valence-electron chi connectivity index (χ1n) is 5.35. The van der Waals surface area contributed by atoms with E-state index in [4.69, 9.17) is 5.73 Å². The highest BCUT2D eigenvalue weighted by atomic mass is 16.3. The van der Waals surface area contributed by atoms with E-state index < -0.39 is 5.60 Å². The number of aliphatic hydroxyl groups is 1. The molecule has 0 fully saturated rings. The monoisotopic (exact) mass is 207 g/mol. The number of nitrogens with two attached hydrogens (primary N) is 1. The Morgan fingerprint density at radius 1 is 1.27 bits per heavy atom. The summed E-state index contributed by atoms with van der Waals surface area (Å²) in [4.78, 5) is 0. The Hall–Kier alpha value is -0.860. The van der Waals surface area contributed by atoms with Crippen LogP contribution >= 0.6 is 0 Å². The number of hydrogen-bond acceptors (Lipinski definition) is 2. The van der Waals surface area contributed by atoms with E-state index in [1.54, 1.807) is 13.8 Å². The Morgan fingerprint density at radius 2 is 1.87 bits per heavy atom. The molecule has 0 saturated carbocycles. The van der Waals surface area contributed by atoms with E-state index >= 15 is 0 Å². The van der Waals surface area contributed by atoms with Gasteiger partial charge in [0.1, 0.15) is 0 Å². The Balaban J connectivity index is 2.78. The van der Waals surface area contributed by atoms with Crippen LogP contribution < -0.4 is 5.73 Å². The lowest BCUT2D eigenvalue weighted by Gasteiger charge is -2.25. The molecule has 0 aliphatic carbocycles. The van der Waals surface area contributed by atoms with Gasteiger partial charge in [0.05, 0.1) is 5.60 Å². The van der Waals surface area contributed by atoms with Crippen molar-refractivity contribution in [1.29, 1.82) is 0 Å². The van der Waals surface area contributed by atoms with Crippen molar-refractivity contribution < 1.29 is 5.11 Å². The second-order valence-corrected chi connectivity index (χ2v) is 4.88. The molecule has 1 unspecified atom stereocenters. The average Bonchev–Trinajstić information content (AvgIpc) is 2.10. The summed E-state index contributed by atoms with van der Waals surface area (Å²) in [6, 6.07) is 6.09. The zero-order chi connectivity index (χ0) is 11.6. The molecule has 0 heterocycles. The second-order valence-electron chi connectivity index (χ2n) is 4.88. The van der Waals surface area contributed by atoms with E-state index in [2.05, 4.69) is 32.0 Å². The summed E-state index contributed by atoms with van der Waals surface area (Å²) in [6.45, 7) is 7.68. The summed E-state index contributed by atoms with van der Waals surface area (Å²) in [7, 11) is 0. The Kier molecular flexibility index (Phi) is 3.53. The number of benzene rings is 1. The second kappa shape index (κ2) is 4.33. The molecule has 0 saturated heterocycles. The third-order valence-corrected chi connectivity index (χ3v) is 2.93. The molecule has 0 aliphatic heterocycles. The minimum Gasteiger partial charge on any atom is -0.389 e. The highest BCUT2D eigenvalue weighted by molar-refractivity contribution is 5.30. The van der Waals surface area contributed by atoms with E-state index in [1.165, 1.54) is 16.7 Å². The van der Waals surface area contributed by atoms with Gasteiger partial charge in [0.15, 0.2) is 0 Å². The van der Waals surface area contributed by atoms with Crippen LogP contribution in [0.5, 0.6) is 0 Å². The highest BCUT2D eigenvalue weighted by Crippen LogP contribution is 2.15. The van der Waals surface area contributed by atoms with Gasteiger partial charge in [0.2, 0.25) is 0 Å². The van der Waals surface area contributed by atoms with E-state index in [0.717, 1.165) is 0 Å². The summed E-state index contributed by atoms with van der Waals surface area (Å²) < 4.78 is 0. The molecule has 0 aliphatic rings. The van der Waals surface area contributed by atoms with Gasteiger partial charge in [-0.25, -0.2) is 0 Å². The normalized spacial score (nSPS) is 14.0. The smallest absolute Gasteiger partial charge is 0.0745 e. The molecule has 1 rings (SSSR count). The summed E-state index contributed by atoms with van der Waals surface area (Å²) in [6.07, 6.45) is 0.713. The molecule has 3 N–H and O–H groups in total. The Bertz CT molecular complexity index is 339. The molecule has 0 amide bonds. The van der Waals surface area contributed by atoms with Crippen LogP contribution in [0.3, 0.4) is 0 Å². The minimum absolute atomic E-state index is 0.223. The van der Waals surface area contributed by atoms with Gasteiger partial charge in [-0.05, 0) is 50.8 Å². The van der Waals surface area contributed by atoms with Gasteiger partial charge < -0.3 is 10.8 Å². The van der Waals surface area contributed by atoms with Crippen molar-refractivity contribution in [3.05, 3.63) is 34.9 Å². The number of aryl methyl sites for hydroxylation is 2. The SMILES string of the molecule is Cc1ccc(CC(N)C(C)(C)O)cc1C. The third-order valence-electron chi connectivity index (χ3n) is 2.93. The van der Waals surface area contributed by atoms with Gasteiger partial charge in [-0.3, -0.25) is 0 Å². The largest absolute Gasteiger partial charge is 0.389 e. The van der Waals surface area contributed by atoms with Crippen LogP contribution in [0.1, 0.15) is 30.5 Å². The van der Waals surface area contributed by atoms with Gasteiger partial charge in [-0.1, -0.05) is 18.2 Å². The fourth-order valence-corrected chi connectivity index (χ4v) is 1.43. The first-order valence-corrected chi connectivity index (χ1v) is 5.35. The molecule has 1 aromatic carbocycles. The van der Waals surface area contributed by atoms with Crippen LogP contribution in [0.25, 0.3) is 0 Å². The average molecular weight is 207 g/mol. The van der Waals surface area contributed by atoms with Crippen LogP contribution in [0.4, 0.5) is 0 Å². The Morgan fingerprint density at radius 3 is 2.33 bits per heavy atom. The summed E-state index contributed by atoms with van der Waals surface area (Å²) in [5, 5.41) is 9.75. The Labute approximate surface area is 92.1 Å². The predicted octanol–water partition coefficient (Wildman–Crippen LogP) is 1.94. The van der Waals surface area contributed by atoms with Gasteiger partial charge in [-0.2, -0.15) is 0 Å². The van der Waals surface area contributed by atoms with Crippen molar-refractivity contribution >= 4 is 0 Å². The molecule has 2 heteroatoms. The topological polar surface area (TPSA) is 46.2 Å². The lowest BCUT2D eigenvalue weighted by Crippen LogP contribution is -2.44. The van der Waals surface area contributed by atoms with Crippen LogP contribution in [0.15, 0.2) is 18.2 Å². The molecular weight excluding hydrogens is 186 g/mol. The zero-order valence-electron chi connectivity index (χ0n) is 10.0. The molecule has 0 aromatic heterocycles. The predicted molar refractivity (Wildman–Crippen MR) is 63.9 cm³/mol. The maximum absolute atomic E-state index is 9.75. The van der Waals surface area contributed by atoms with Crippen LogP contribution in [0.2, 0.25) is 0 Å². The molecule has 15 heavy (non-hydrogen) atoms. The molecule has 0 radical (unpaired) electrons. The minimum atomic E-state index is -0.821. The van der Waals surface area contributed by atoms with E-state index in [-0.39, 0.29) is 6.04 Å². The van der Waals surface area contributed by atoms with E-state index in [9.17, 15) is 5.11 Å². The first kappa shape index (κ1) is 12.2. The molecular formula is C13H21NO. The zero-order valence-corrected chi connectivity index (χ0v) is 10.0. The van der Waals surface area contributed by atoms with Crippen molar-refractivity contribution in [2.75, 3.05) is 0 Å². The van der Waals surface area contributed by atoms with Crippen molar-refractivity contribution in [1.82, 2.24) is 0 Å². The third kappa shape index (κ3) is 3.33. The van der Waals surface area contributed by atoms with Crippen LogP contribution in [-0.2, 0) is 6.42 Å². The van der Waals surface area contributed by atoms with Gasteiger partial charge in [0.25, 0.3) is 0 Å². The molecule has 0 spiro atoms. The maximum Gasteiger partial charge on any atom is 0.0745 e. The molecule has 1 aromatic rings. The number of hydrogen-bond donors (Lipinski definition) is 2. The molecule has 84 valence electrons. The van der Waals surface area contributed by atoms with Gasteiger partial charge >= 0.3 is 0 Å². The van der Waals surface area contributed by atoms with Crippen molar-refractivity contribution in [3.63, 3.8) is 0 Å². The fraction of sp³-hybridized carbons (Fsp3) is 0.538. The maximum atomic E-state index is 9.75. The van der Waals surface area contributed by atoms with Crippen molar-refractivity contribution in [2.24, 2.45) is 5.73 Å². The van der Waals surface area contributed by atoms with Crippen molar-refractivity contribution in [3.8, 4) is 0 Å². The molecule has 2 nitrogen and oxygen atoms in total. The lowest BCUT2D eigenvalue weighted by molar-refractivity contribution is 0.0521. The lowest BCUT2D eigenvalue weighted by atomic mass is 9.92. The molecule has 1 atom stereocenters. The summed E-state index contributed by atoms with van der Waals surface area (Å²) >= 11 is 0. The fourth-order valence-electron chi connectivity index (χ4n) is 1.43. The van der Waals surface area contributed by atoms with E-state index in [0.29, 0.717) is 6.42 Å².